The Balaban J connectivity index is 2.15. The van der Waals surface area contributed by atoms with E-state index in [1.807, 2.05) is 23.5 Å². The van der Waals surface area contributed by atoms with Gasteiger partial charge in [-0.25, -0.2) is 0 Å². The summed E-state index contributed by atoms with van der Waals surface area (Å²) in [5.41, 5.74) is 2.60. The molecule has 3 heteroatoms. The first-order chi connectivity index (χ1) is 9.52. The van der Waals surface area contributed by atoms with Crippen LogP contribution in [0.5, 0.6) is 5.75 Å². The normalized spacial score (nSPS) is 14.1. The lowest BCUT2D eigenvalue weighted by atomic mass is 10.0. The van der Waals surface area contributed by atoms with E-state index in [4.69, 9.17) is 4.74 Å². The molecule has 2 nitrogen and oxygen atoms in total. The molecule has 0 saturated carbocycles. The summed E-state index contributed by atoms with van der Waals surface area (Å²) in [5.74, 6) is 0.943. The van der Waals surface area contributed by atoms with Gasteiger partial charge in [-0.1, -0.05) is 18.2 Å². The van der Waals surface area contributed by atoms with Crippen molar-refractivity contribution < 1.29 is 4.74 Å². The number of hydrogen-bond acceptors (Lipinski definition) is 3. The van der Waals surface area contributed by atoms with Gasteiger partial charge in [-0.15, -0.1) is 11.3 Å². The highest BCUT2D eigenvalue weighted by molar-refractivity contribution is 7.12. The van der Waals surface area contributed by atoms with E-state index < -0.39 is 0 Å². The van der Waals surface area contributed by atoms with Crippen LogP contribution >= 0.6 is 11.3 Å². The minimum Gasteiger partial charge on any atom is -0.496 e. The third-order valence-corrected chi connectivity index (χ3v) is 4.63. The molecule has 1 aromatic heterocycles. The predicted molar refractivity (Wildman–Crippen MR) is 86.8 cm³/mol. The van der Waals surface area contributed by atoms with Crippen LogP contribution in [0.4, 0.5) is 0 Å². The highest BCUT2D eigenvalue weighted by Crippen LogP contribution is 2.30. The largest absolute Gasteiger partial charge is 0.496 e. The molecule has 0 fully saturated rings. The Morgan fingerprint density at radius 1 is 1.05 bits per heavy atom. The zero-order chi connectivity index (χ0) is 14.7. The number of thiophene rings is 1. The van der Waals surface area contributed by atoms with Crippen molar-refractivity contribution in [3.8, 4) is 5.75 Å². The summed E-state index contributed by atoms with van der Waals surface area (Å²) in [6.07, 6.45) is 0. The zero-order valence-electron chi connectivity index (χ0n) is 12.9. The molecule has 108 valence electrons. The maximum absolute atomic E-state index is 5.44. The first-order valence-electron chi connectivity index (χ1n) is 6.98. The van der Waals surface area contributed by atoms with Crippen LogP contribution in [0.2, 0.25) is 0 Å². The Hall–Kier alpha value is -1.32. The summed E-state index contributed by atoms with van der Waals surface area (Å²) in [6, 6.07) is 11.1. The summed E-state index contributed by atoms with van der Waals surface area (Å²) >= 11 is 1.86. The maximum atomic E-state index is 5.44. The van der Waals surface area contributed by atoms with Crippen molar-refractivity contribution >= 4 is 11.3 Å². The Morgan fingerprint density at radius 2 is 1.70 bits per heavy atom. The van der Waals surface area contributed by atoms with Crippen LogP contribution in [0.15, 0.2) is 30.3 Å². The van der Waals surface area contributed by atoms with Gasteiger partial charge in [-0.05, 0) is 45.4 Å². The van der Waals surface area contributed by atoms with Crippen LogP contribution in [-0.2, 0) is 0 Å². The average molecular weight is 289 g/mol. The molecule has 1 N–H and O–H groups in total. The van der Waals surface area contributed by atoms with Gasteiger partial charge in [0.15, 0.2) is 0 Å². The number of aryl methyl sites for hydroxylation is 2. The number of methoxy groups -OCH3 is 1. The number of rotatable bonds is 5. The van der Waals surface area contributed by atoms with E-state index in [2.05, 4.69) is 51.2 Å². The first-order valence-corrected chi connectivity index (χ1v) is 7.80. The SMILES string of the molecule is COc1ccccc1[C@@H](C)NC(C)c1cc(C)sc1C. The van der Waals surface area contributed by atoms with Gasteiger partial charge < -0.3 is 10.1 Å². The van der Waals surface area contributed by atoms with Crippen molar-refractivity contribution in [1.29, 1.82) is 0 Å². The van der Waals surface area contributed by atoms with E-state index in [0.29, 0.717) is 6.04 Å². The monoisotopic (exact) mass is 289 g/mol. The van der Waals surface area contributed by atoms with E-state index in [0.717, 1.165) is 5.75 Å². The van der Waals surface area contributed by atoms with Crippen LogP contribution < -0.4 is 10.1 Å². The fraction of sp³-hybridized carbons (Fsp3) is 0.412. The number of para-hydroxylation sites is 1. The molecule has 2 aromatic rings. The number of nitrogens with one attached hydrogen (secondary N) is 1. The lowest BCUT2D eigenvalue weighted by Crippen LogP contribution is -2.23. The number of benzene rings is 1. The molecule has 0 spiro atoms. The van der Waals surface area contributed by atoms with Gasteiger partial charge >= 0.3 is 0 Å². The summed E-state index contributed by atoms with van der Waals surface area (Å²) in [4.78, 5) is 2.77. The second kappa shape index (κ2) is 6.42. The fourth-order valence-electron chi connectivity index (χ4n) is 2.66. The average Bonchev–Trinajstić information content (AvgIpc) is 2.77. The Kier molecular flexibility index (Phi) is 4.84. The van der Waals surface area contributed by atoms with Crippen LogP contribution in [-0.4, -0.2) is 7.11 Å². The van der Waals surface area contributed by atoms with Gasteiger partial charge in [0.05, 0.1) is 7.11 Å². The van der Waals surface area contributed by atoms with Crippen molar-refractivity contribution in [3.05, 3.63) is 51.2 Å². The van der Waals surface area contributed by atoms with Crippen molar-refractivity contribution in [2.24, 2.45) is 0 Å². The standard InChI is InChI=1S/C17H23NOS/c1-11-10-16(14(4)20-11)13(3)18-12(2)15-8-6-7-9-17(15)19-5/h6-10,12-13,18H,1-5H3/t12-,13?/m1/s1. The van der Waals surface area contributed by atoms with Crippen molar-refractivity contribution in [2.45, 2.75) is 39.8 Å². The van der Waals surface area contributed by atoms with Crippen molar-refractivity contribution in [2.75, 3.05) is 7.11 Å². The smallest absolute Gasteiger partial charge is 0.123 e. The molecule has 2 rings (SSSR count). The fourth-order valence-corrected chi connectivity index (χ4v) is 3.68. The van der Waals surface area contributed by atoms with E-state index in [9.17, 15) is 0 Å². The molecule has 20 heavy (non-hydrogen) atoms. The molecule has 0 radical (unpaired) electrons. The van der Waals surface area contributed by atoms with Crippen LogP contribution in [0.1, 0.15) is 46.8 Å². The summed E-state index contributed by atoms with van der Waals surface area (Å²) < 4.78 is 5.44. The van der Waals surface area contributed by atoms with Crippen LogP contribution in [0.25, 0.3) is 0 Å². The molecule has 0 aliphatic heterocycles. The van der Waals surface area contributed by atoms with Crippen LogP contribution in [0, 0.1) is 13.8 Å². The molecule has 0 aliphatic carbocycles. The molecule has 0 saturated heterocycles. The Morgan fingerprint density at radius 3 is 2.30 bits per heavy atom. The quantitative estimate of drug-likeness (QED) is 0.855. The van der Waals surface area contributed by atoms with Gasteiger partial charge in [0.25, 0.3) is 0 Å². The lowest BCUT2D eigenvalue weighted by Gasteiger charge is -2.22. The first kappa shape index (κ1) is 15.1. The number of hydrogen-bond donors (Lipinski definition) is 1. The highest BCUT2D eigenvalue weighted by Gasteiger charge is 2.16. The zero-order valence-corrected chi connectivity index (χ0v) is 13.7. The van der Waals surface area contributed by atoms with Gasteiger partial charge in [0, 0.05) is 27.4 Å². The Bertz CT molecular complexity index is 576. The second-order valence-electron chi connectivity index (χ2n) is 5.22. The van der Waals surface area contributed by atoms with Crippen LogP contribution in [0.3, 0.4) is 0 Å². The third-order valence-electron chi connectivity index (χ3n) is 3.65. The molecule has 1 unspecified atom stereocenters. The summed E-state index contributed by atoms with van der Waals surface area (Å²) in [6.45, 7) is 8.76. The molecule has 1 heterocycles. The lowest BCUT2D eigenvalue weighted by molar-refractivity contribution is 0.396. The molecule has 0 bridgehead atoms. The molecule has 1 aromatic carbocycles. The van der Waals surface area contributed by atoms with Gasteiger partial charge in [0.1, 0.15) is 5.75 Å². The summed E-state index contributed by atoms with van der Waals surface area (Å²) in [7, 11) is 1.72. The molecular weight excluding hydrogens is 266 g/mol. The third kappa shape index (κ3) is 3.22. The highest BCUT2D eigenvalue weighted by atomic mass is 32.1. The van der Waals surface area contributed by atoms with E-state index in [1.165, 1.54) is 20.9 Å². The van der Waals surface area contributed by atoms with Crippen molar-refractivity contribution in [3.63, 3.8) is 0 Å². The molecular formula is C17H23NOS. The summed E-state index contributed by atoms with van der Waals surface area (Å²) in [5, 5.41) is 3.67. The van der Waals surface area contributed by atoms with E-state index in [-0.39, 0.29) is 6.04 Å². The van der Waals surface area contributed by atoms with Gasteiger partial charge in [0.2, 0.25) is 0 Å². The topological polar surface area (TPSA) is 21.3 Å². The van der Waals surface area contributed by atoms with Gasteiger partial charge in [-0.3, -0.25) is 0 Å². The molecule has 0 amide bonds. The predicted octanol–water partition coefficient (Wildman–Crippen LogP) is 4.79. The minimum absolute atomic E-state index is 0.251. The minimum atomic E-state index is 0.251. The van der Waals surface area contributed by atoms with E-state index >= 15 is 0 Å². The number of ether oxygens (including phenoxy) is 1. The molecule has 2 atom stereocenters. The second-order valence-corrected chi connectivity index (χ2v) is 6.68. The van der Waals surface area contributed by atoms with E-state index in [1.54, 1.807) is 7.11 Å². The Labute approximate surface area is 125 Å². The maximum Gasteiger partial charge on any atom is 0.123 e. The van der Waals surface area contributed by atoms with Gasteiger partial charge in [-0.2, -0.15) is 0 Å². The molecule has 0 aliphatic rings. The van der Waals surface area contributed by atoms with Crippen molar-refractivity contribution in [1.82, 2.24) is 5.32 Å².